The van der Waals surface area contributed by atoms with Crippen LogP contribution in [0.3, 0.4) is 0 Å². The Bertz CT molecular complexity index is 388. The molecule has 0 aliphatic rings. The molecule has 0 spiro atoms. The molecule has 0 aliphatic carbocycles. The standard InChI is InChI=1S/C14H22N2O3/c1-5-15-13(17)11-6-8-12(9-7-11)16-10(2)14(18-3)19-4/h6-10,14,16H,5H2,1-4H3,(H,15,17). The number of hydrogen-bond acceptors (Lipinski definition) is 4. The second kappa shape index (κ2) is 7.76. The normalized spacial score (nSPS) is 12.3. The number of benzene rings is 1. The molecule has 106 valence electrons. The molecule has 0 radical (unpaired) electrons. The van der Waals surface area contributed by atoms with Crippen LogP contribution in [-0.2, 0) is 9.47 Å². The van der Waals surface area contributed by atoms with Crippen LogP contribution in [0, 0.1) is 0 Å². The first-order valence-electron chi connectivity index (χ1n) is 6.32. The second-order valence-electron chi connectivity index (χ2n) is 4.21. The number of anilines is 1. The van der Waals surface area contributed by atoms with E-state index in [0.29, 0.717) is 12.1 Å². The van der Waals surface area contributed by atoms with Gasteiger partial charge in [0.05, 0.1) is 6.04 Å². The van der Waals surface area contributed by atoms with E-state index in [4.69, 9.17) is 9.47 Å². The van der Waals surface area contributed by atoms with Crippen molar-refractivity contribution in [3.63, 3.8) is 0 Å². The summed E-state index contributed by atoms with van der Waals surface area (Å²) in [7, 11) is 3.20. The van der Waals surface area contributed by atoms with Crippen LogP contribution in [0.4, 0.5) is 5.69 Å². The molecule has 1 rings (SSSR count). The van der Waals surface area contributed by atoms with Crippen molar-refractivity contribution in [1.29, 1.82) is 0 Å². The molecule has 0 fully saturated rings. The Labute approximate surface area is 114 Å². The molecule has 5 heteroatoms. The van der Waals surface area contributed by atoms with Gasteiger partial charge in [0, 0.05) is 32.0 Å². The fourth-order valence-corrected chi connectivity index (χ4v) is 1.82. The van der Waals surface area contributed by atoms with Gasteiger partial charge < -0.3 is 20.1 Å². The summed E-state index contributed by atoms with van der Waals surface area (Å²) in [5, 5.41) is 6.02. The van der Waals surface area contributed by atoms with Gasteiger partial charge in [-0.1, -0.05) is 0 Å². The van der Waals surface area contributed by atoms with Gasteiger partial charge in [-0.05, 0) is 38.1 Å². The Morgan fingerprint density at radius 2 is 1.79 bits per heavy atom. The van der Waals surface area contributed by atoms with Crippen LogP contribution in [0.1, 0.15) is 24.2 Å². The molecule has 0 saturated heterocycles. The van der Waals surface area contributed by atoms with Crippen molar-refractivity contribution in [2.75, 3.05) is 26.1 Å². The van der Waals surface area contributed by atoms with Crippen molar-refractivity contribution in [3.05, 3.63) is 29.8 Å². The number of methoxy groups -OCH3 is 2. The number of amides is 1. The van der Waals surface area contributed by atoms with Gasteiger partial charge in [0.15, 0.2) is 6.29 Å². The quantitative estimate of drug-likeness (QED) is 0.740. The number of ether oxygens (including phenoxy) is 2. The molecule has 0 heterocycles. The minimum atomic E-state index is -0.317. The first-order valence-corrected chi connectivity index (χ1v) is 6.32. The van der Waals surface area contributed by atoms with E-state index in [1.54, 1.807) is 26.4 Å². The van der Waals surface area contributed by atoms with Crippen LogP contribution in [0.5, 0.6) is 0 Å². The molecule has 0 bridgehead atoms. The summed E-state index contributed by atoms with van der Waals surface area (Å²) in [6, 6.07) is 7.31. The molecular weight excluding hydrogens is 244 g/mol. The van der Waals surface area contributed by atoms with Crippen LogP contribution in [-0.4, -0.2) is 39.0 Å². The molecule has 19 heavy (non-hydrogen) atoms. The second-order valence-corrected chi connectivity index (χ2v) is 4.21. The fourth-order valence-electron chi connectivity index (χ4n) is 1.82. The third-order valence-corrected chi connectivity index (χ3v) is 2.75. The van der Waals surface area contributed by atoms with E-state index < -0.39 is 0 Å². The van der Waals surface area contributed by atoms with Crippen molar-refractivity contribution in [3.8, 4) is 0 Å². The molecule has 1 amide bonds. The SMILES string of the molecule is CCNC(=O)c1ccc(NC(C)C(OC)OC)cc1. The minimum Gasteiger partial charge on any atom is -0.377 e. The van der Waals surface area contributed by atoms with Crippen LogP contribution in [0.15, 0.2) is 24.3 Å². The van der Waals surface area contributed by atoms with E-state index in [1.807, 2.05) is 26.0 Å². The molecule has 1 atom stereocenters. The highest BCUT2D eigenvalue weighted by molar-refractivity contribution is 5.94. The van der Waals surface area contributed by atoms with Gasteiger partial charge >= 0.3 is 0 Å². The monoisotopic (exact) mass is 266 g/mol. The maximum Gasteiger partial charge on any atom is 0.251 e. The van der Waals surface area contributed by atoms with E-state index in [9.17, 15) is 4.79 Å². The third kappa shape index (κ3) is 4.54. The van der Waals surface area contributed by atoms with Gasteiger partial charge in [-0.15, -0.1) is 0 Å². The Morgan fingerprint density at radius 3 is 2.26 bits per heavy atom. The lowest BCUT2D eigenvalue weighted by Gasteiger charge is -2.23. The maximum absolute atomic E-state index is 11.6. The van der Waals surface area contributed by atoms with Crippen LogP contribution in [0.25, 0.3) is 0 Å². The summed E-state index contributed by atoms with van der Waals surface area (Å²) in [6.07, 6.45) is -0.317. The van der Waals surface area contributed by atoms with Gasteiger partial charge in [-0.3, -0.25) is 4.79 Å². The molecule has 0 aliphatic heterocycles. The zero-order valence-corrected chi connectivity index (χ0v) is 11.9. The molecular formula is C14H22N2O3. The Hall–Kier alpha value is -1.59. The fraction of sp³-hybridized carbons (Fsp3) is 0.500. The van der Waals surface area contributed by atoms with Crippen molar-refractivity contribution >= 4 is 11.6 Å². The number of carbonyl (C=O) groups excluding carboxylic acids is 1. The predicted molar refractivity (Wildman–Crippen MR) is 75.3 cm³/mol. The lowest BCUT2D eigenvalue weighted by atomic mass is 10.2. The van der Waals surface area contributed by atoms with Crippen LogP contribution in [0.2, 0.25) is 0 Å². The van der Waals surface area contributed by atoms with Gasteiger partial charge in [0.25, 0.3) is 5.91 Å². The largest absolute Gasteiger partial charge is 0.377 e. The van der Waals surface area contributed by atoms with Gasteiger partial charge in [-0.25, -0.2) is 0 Å². The Balaban J connectivity index is 2.64. The first kappa shape index (κ1) is 15.5. The molecule has 5 nitrogen and oxygen atoms in total. The topological polar surface area (TPSA) is 59.6 Å². The third-order valence-electron chi connectivity index (χ3n) is 2.75. The van der Waals surface area contributed by atoms with Crippen molar-refractivity contribution in [2.24, 2.45) is 0 Å². The van der Waals surface area contributed by atoms with Gasteiger partial charge in [-0.2, -0.15) is 0 Å². The lowest BCUT2D eigenvalue weighted by molar-refractivity contribution is -0.109. The number of hydrogen-bond donors (Lipinski definition) is 2. The average molecular weight is 266 g/mol. The lowest BCUT2D eigenvalue weighted by Crippen LogP contribution is -2.33. The molecule has 1 aromatic rings. The summed E-state index contributed by atoms with van der Waals surface area (Å²) in [5.41, 5.74) is 1.56. The highest BCUT2D eigenvalue weighted by Gasteiger charge is 2.15. The smallest absolute Gasteiger partial charge is 0.251 e. The summed E-state index contributed by atoms with van der Waals surface area (Å²) < 4.78 is 10.4. The highest BCUT2D eigenvalue weighted by Crippen LogP contribution is 2.13. The van der Waals surface area contributed by atoms with E-state index in [-0.39, 0.29) is 18.2 Å². The summed E-state index contributed by atoms with van der Waals surface area (Å²) >= 11 is 0. The predicted octanol–water partition coefficient (Wildman–Crippen LogP) is 1.86. The number of carbonyl (C=O) groups is 1. The first-order chi connectivity index (χ1) is 9.12. The molecule has 0 saturated carbocycles. The maximum atomic E-state index is 11.6. The van der Waals surface area contributed by atoms with Crippen LogP contribution < -0.4 is 10.6 Å². The van der Waals surface area contributed by atoms with E-state index in [0.717, 1.165) is 5.69 Å². The molecule has 1 unspecified atom stereocenters. The number of rotatable bonds is 7. The minimum absolute atomic E-state index is 0.00492. The summed E-state index contributed by atoms with van der Waals surface area (Å²) in [4.78, 5) is 11.6. The summed E-state index contributed by atoms with van der Waals surface area (Å²) in [5.74, 6) is -0.0613. The zero-order valence-electron chi connectivity index (χ0n) is 11.9. The zero-order chi connectivity index (χ0) is 14.3. The van der Waals surface area contributed by atoms with Gasteiger partial charge in [0.2, 0.25) is 0 Å². The highest BCUT2D eigenvalue weighted by atomic mass is 16.7. The van der Waals surface area contributed by atoms with Crippen molar-refractivity contribution in [2.45, 2.75) is 26.2 Å². The summed E-state index contributed by atoms with van der Waals surface area (Å²) in [6.45, 7) is 4.49. The Kier molecular flexibility index (Phi) is 6.32. The van der Waals surface area contributed by atoms with Crippen molar-refractivity contribution < 1.29 is 14.3 Å². The molecule has 1 aromatic carbocycles. The molecule has 0 aromatic heterocycles. The van der Waals surface area contributed by atoms with E-state index in [1.165, 1.54) is 0 Å². The van der Waals surface area contributed by atoms with Gasteiger partial charge in [0.1, 0.15) is 0 Å². The van der Waals surface area contributed by atoms with E-state index >= 15 is 0 Å². The van der Waals surface area contributed by atoms with E-state index in [2.05, 4.69) is 10.6 Å². The van der Waals surface area contributed by atoms with Crippen LogP contribution >= 0.6 is 0 Å². The molecule has 2 N–H and O–H groups in total. The number of nitrogens with one attached hydrogen (secondary N) is 2. The average Bonchev–Trinajstić information content (AvgIpc) is 2.41. The van der Waals surface area contributed by atoms with Crippen molar-refractivity contribution in [1.82, 2.24) is 5.32 Å². The Morgan fingerprint density at radius 1 is 1.21 bits per heavy atom.